The highest BCUT2D eigenvalue weighted by atomic mass is 32.2. The van der Waals surface area contributed by atoms with Crippen molar-refractivity contribution < 1.29 is 13.2 Å². The molecule has 1 aliphatic carbocycles. The maximum absolute atomic E-state index is 13.4. The SMILES string of the molecule is Cc1ccc(S(=O)(=O)N(CC(=O)N[C@@H]2CCCc3ccccc32)c2ccccc2)cc1. The molecular weight excluding hydrogens is 408 g/mol. The highest BCUT2D eigenvalue weighted by molar-refractivity contribution is 7.92. The first-order chi connectivity index (χ1) is 14.9. The van der Waals surface area contributed by atoms with Crippen molar-refractivity contribution in [2.45, 2.75) is 37.1 Å². The Morgan fingerprint density at radius 2 is 1.65 bits per heavy atom. The second kappa shape index (κ2) is 8.94. The summed E-state index contributed by atoms with van der Waals surface area (Å²) in [5.41, 5.74) is 3.79. The van der Waals surface area contributed by atoms with Crippen LogP contribution >= 0.6 is 0 Å². The average molecular weight is 435 g/mol. The van der Waals surface area contributed by atoms with Gasteiger partial charge in [-0.1, -0.05) is 60.2 Å². The molecule has 0 saturated heterocycles. The molecule has 4 rings (SSSR count). The van der Waals surface area contributed by atoms with E-state index in [-0.39, 0.29) is 23.4 Å². The maximum Gasteiger partial charge on any atom is 0.264 e. The first-order valence-electron chi connectivity index (χ1n) is 10.5. The summed E-state index contributed by atoms with van der Waals surface area (Å²) in [6.45, 7) is 1.62. The van der Waals surface area contributed by atoms with Crippen molar-refractivity contribution in [2.24, 2.45) is 0 Å². The van der Waals surface area contributed by atoms with Crippen molar-refractivity contribution >= 4 is 21.6 Å². The van der Waals surface area contributed by atoms with Crippen molar-refractivity contribution in [2.75, 3.05) is 10.8 Å². The quantitative estimate of drug-likeness (QED) is 0.626. The molecule has 1 amide bonds. The Labute approximate surface area is 183 Å². The molecule has 1 N–H and O–H groups in total. The van der Waals surface area contributed by atoms with E-state index in [0.29, 0.717) is 5.69 Å². The molecule has 5 nitrogen and oxygen atoms in total. The zero-order chi connectivity index (χ0) is 21.8. The van der Waals surface area contributed by atoms with Gasteiger partial charge in [0.25, 0.3) is 10.0 Å². The highest BCUT2D eigenvalue weighted by Gasteiger charge is 2.29. The molecule has 31 heavy (non-hydrogen) atoms. The van der Waals surface area contributed by atoms with Crippen LogP contribution in [0.2, 0.25) is 0 Å². The summed E-state index contributed by atoms with van der Waals surface area (Å²) in [5.74, 6) is -0.318. The molecule has 0 fully saturated rings. The van der Waals surface area contributed by atoms with Gasteiger partial charge in [0.2, 0.25) is 5.91 Å². The van der Waals surface area contributed by atoms with Crippen LogP contribution in [0.3, 0.4) is 0 Å². The van der Waals surface area contributed by atoms with Crippen LogP contribution in [0.4, 0.5) is 5.69 Å². The lowest BCUT2D eigenvalue weighted by molar-refractivity contribution is -0.120. The van der Waals surface area contributed by atoms with Gasteiger partial charge >= 0.3 is 0 Å². The molecule has 3 aromatic rings. The fraction of sp³-hybridized carbons (Fsp3) is 0.240. The lowest BCUT2D eigenvalue weighted by atomic mass is 9.88. The summed E-state index contributed by atoms with van der Waals surface area (Å²) in [4.78, 5) is 13.2. The molecule has 1 atom stereocenters. The van der Waals surface area contributed by atoms with Gasteiger partial charge in [-0.05, 0) is 61.6 Å². The van der Waals surface area contributed by atoms with Crippen molar-refractivity contribution in [3.05, 3.63) is 95.6 Å². The van der Waals surface area contributed by atoms with Gasteiger partial charge in [0.15, 0.2) is 0 Å². The van der Waals surface area contributed by atoms with Crippen molar-refractivity contribution in [1.29, 1.82) is 0 Å². The lowest BCUT2D eigenvalue weighted by Crippen LogP contribution is -2.42. The van der Waals surface area contributed by atoms with Crippen LogP contribution < -0.4 is 9.62 Å². The van der Waals surface area contributed by atoms with Gasteiger partial charge in [-0.3, -0.25) is 9.10 Å². The normalized spacial score (nSPS) is 15.7. The predicted octanol–water partition coefficient (Wildman–Crippen LogP) is 4.38. The lowest BCUT2D eigenvalue weighted by Gasteiger charge is -2.28. The summed E-state index contributed by atoms with van der Waals surface area (Å²) in [6.07, 6.45) is 2.84. The van der Waals surface area contributed by atoms with Gasteiger partial charge < -0.3 is 5.32 Å². The van der Waals surface area contributed by atoms with Crippen LogP contribution in [-0.2, 0) is 21.2 Å². The van der Waals surface area contributed by atoms with E-state index >= 15 is 0 Å². The Bertz CT molecular complexity index is 1160. The van der Waals surface area contributed by atoms with E-state index < -0.39 is 10.0 Å². The molecule has 0 aliphatic heterocycles. The van der Waals surface area contributed by atoms with E-state index in [2.05, 4.69) is 11.4 Å². The number of rotatable bonds is 6. The molecule has 0 unspecified atom stereocenters. The molecule has 0 saturated carbocycles. The summed E-state index contributed by atoms with van der Waals surface area (Å²) >= 11 is 0. The van der Waals surface area contributed by atoms with Crippen LogP contribution in [-0.4, -0.2) is 20.9 Å². The zero-order valence-electron chi connectivity index (χ0n) is 17.5. The molecule has 160 valence electrons. The summed E-state index contributed by atoms with van der Waals surface area (Å²) < 4.78 is 28.0. The van der Waals surface area contributed by atoms with Crippen LogP contribution in [0, 0.1) is 6.92 Å². The second-order valence-corrected chi connectivity index (χ2v) is 9.73. The van der Waals surface area contributed by atoms with Gasteiger partial charge in [-0.2, -0.15) is 0 Å². The third-order valence-electron chi connectivity index (χ3n) is 5.65. The minimum absolute atomic E-state index is 0.0999. The predicted molar refractivity (Wildman–Crippen MR) is 122 cm³/mol. The Hall–Kier alpha value is -3.12. The first-order valence-corrected chi connectivity index (χ1v) is 11.9. The molecule has 0 bridgehead atoms. The van der Waals surface area contributed by atoms with Crippen LogP contribution in [0.5, 0.6) is 0 Å². The number of anilines is 1. The fourth-order valence-electron chi connectivity index (χ4n) is 4.02. The minimum Gasteiger partial charge on any atom is -0.348 e. The summed E-state index contributed by atoms with van der Waals surface area (Å²) in [6, 6.07) is 23.4. The second-order valence-electron chi connectivity index (χ2n) is 7.87. The van der Waals surface area contributed by atoms with Gasteiger partial charge in [0.05, 0.1) is 16.6 Å². The zero-order valence-corrected chi connectivity index (χ0v) is 18.3. The number of amides is 1. The first kappa shape index (κ1) is 21.1. The maximum atomic E-state index is 13.4. The number of sulfonamides is 1. The molecule has 0 spiro atoms. The third kappa shape index (κ3) is 4.64. The Morgan fingerprint density at radius 1 is 0.968 bits per heavy atom. The Morgan fingerprint density at radius 3 is 2.39 bits per heavy atom. The van der Waals surface area contributed by atoms with Crippen LogP contribution in [0.15, 0.2) is 83.8 Å². The summed E-state index contributed by atoms with van der Waals surface area (Å²) in [5, 5.41) is 3.06. The number of para-hydroxylation sites is 1. The monoisotopic (exact) mass is 434 g/mol. The number of fused-ring (bicyclic) bond motifs is 1. The molecule has 0 aromatic heterocycles. The summed E-state index contributed by atoms with van der Waals surface area (Å²) in [7, 11) is -3.89. The number of nitrogens with one attached hydrogen (secondary N) is 1. The van der Waals surface area contributed by atoms with E-state index in [1.54, 1.807) is 48.5 Å². The van der Waals surface area contributed by atoms with E-state index in [4.69, 9.17) is 0 Å². The third-order valence-corrected chi connectivity index (χ3v) is 7.43. The number of benzene rings is 3. The Balaban J connectivity index is 1.60. The van der Waals surface area contributed by atoms with E-state index in [1.165, 1.54) is 9.87 Å². The largest absolute Gasteiger partial charge is 0.348 e. The molecule has 6 heteroatoms. The molecule has 1 aliphatic rings. The highest BCUT2D eigenvalue weighted by Crippen LogP contribution is 2.30. The smallest absolute Gasteiger partial charge is 0.264 e. The number of carbonyl (C=O) groups is 1. The molecule has 3 aromatic carbocycles. The standard InChI is InChI=1S/C25H26N2O3S/c1-19-14-16-22(17-15-19)31(29,30)27(21-10-3-2-4-11-21)18-25(28)26-24-13-7-9-20-8-5-6-12-23(20)24/h2-6,8,10-12,14-17,24H,7,9,13,18H2,1H3,(H,26,28)/t24-/m1/s1. The number of hydrogen-bond donors (Lipinski definition) is 1. The number of nitrogens with zero attached hydrogens (tertiary/aromatic N) is 1. The molecule has 0 heterocycles. The van der Waals surface area contributed by atoms with Crippen molar-refractivity contribution in [1.82, 2.24) is 5.32 Å². The van der Waals surface area contributed by atoms with Crippen molar-refractivity contribution in [3.63, 3.8) is 0 Å². The topological polar surface area (TPSA) is 66.5 Å². The van der Waals surface area contributed by atoms with E-state index in [9.17, 15) is 13.2 Å². The van der Waals surface area contributed by atoms with Crippen LogP contribution in [0.25, 0.3) is 0 Å². The Kier molecular flexibility index (Phi) is 6.09. The van der Waals surface area contributed by atoms with E-state index in [0.717, 1.165) is 30.4 Å². The van der Waals surface area contributed by atoms with Gasteiger partial charge in [-0.15, -0.1) is 0 Å². The van der Waals surface area contributed by atoms with E-state index in [1.807, 2.05) is 31.2 Å². The van der Waals surface area contributed by atoms with Gasteiger partial charge in [-0.25, -0.2) is 8.42 Å². The number of aryl methyl sites for hydroxylation is 2. The van der Waals surface area contributed by atoms with Gasteiger partial charge in [0, 0.05) is 0 Å². The molecular formula is C25H26N2O3S. The number of carbonyl (C=O) groups excluding carboxylic acids is 1. The van der Waals surface area contributed by atoms with Crippen LogP contribution in [0.1, 0.15) is 35.6 Å². The number of hydrogen-bond acceptors (Lipinski definition) is 3. The van der Waals surface area contributed by atoms with Crippen molar-refractivity contribution in [3.8, 4) is 0 Å². The minimum atomic E-state index is -3.89. The fourth-order valence-corrected chi connectivity index (χ4v) is 5.44. The van der Waals surface area contributed by atoms with Gasteiger partial charge in [0.1, 0.15) is 6.54 Å². The molecule has 0 radical (unpaired) electrons. The average Bonchev–Trinajstić information content (AvgIpc) is 2.78.